The van der Waals surface area contributed by atoms with Gasteiger partial charge in [-0.15, -0.1) is 10.2 Å². The second-order valence-corrected chi connectivity index (χ2v) is 4.86. The Morgan fingerprint density at radius 2 is 2.17 bits per heavy atom. The van der Waals surface area contributed by atoms with Crippen molar-refractivity contribution >= 4 is 11.6 Å². The number of rotatable bonds is 3. The molecule has 0 bridgehead atoms. The number of anilines is 2. The Bertz CT molecular complexity index is 381. The first-order chi connectivity index (χ1) is 8.61. The van der Waals surface area contributed by atoms with Gasteiger partial charge in [0.15, 0.2) is 5.82 Å². The summed E-state index contributed by atoms with van der Waals surface area (Å²) in [7, 11) is 5.81. The zero-order valence-electron chi connectivity index (χ0n) is 11.2. The average Bonchev–Trinajstić information content (AvgIpc) is 2.39. The van der Waals surface area contributed by atoms with Crippen LogP contribution >= 0.6 is 0 Å². The monoisotopic (exact) mass is 251 g/mol. The number of hydrogen-bond acceptors (Lipinski definition) is 6. The molecular weight excluding hydrogens is 230 g/mol. The summed E-state index contributed by atoms with van der Waals surface area (Å²) >= 11 is 0. The largest absolute Gasteiger partial charge is 0.391 e. The minimum atomic E-state index is -0.263. The predicted molar refractivity (Wildman–Crippen MR) is 71.9 cm³/mol. The van der Waals surface area contributed by atoms with E-state index in [-0.39, 0.29) is 12.1 Å². The standard InChI is InChI=1S/C12H21N5O/c1-13-11-4-5-12(15-14-11)17-7-6-10(18)9(8-17)16(2)3/h4-5,9-10,18H,6-8H2,1-3H3,(H,13,14)/t9-,10-/m1/s1. The highest BCUT2D eigenvalue weighted by Crippen LogP contribution is 2.20. The molecule has 1 aromatic heterocycles. The summed E-state index contributed by atoms with van der Waals surface area (Å²) in [6.07, 6.45) is 0.499. The van der Waals surface area contributed by atoms with E-state index in [1.165, 1.54) is 0 Å². The van der Waals surface area contributed by atoms with Gasteiger partial charge >= 0.3 is 0 Å². The topological polar surface area (TPSA) is 64.5 Å². The van der Waals surface area contributed by atoms with Crippen LogP contribution in [0.15, 0.2) is 12.1 Å². The van der Waals surface area contributed by atoms with Crippen LogP contribution in [0.4, 0.5) is 11.6 Å². The first-order valence-electron chi connectivity index (χ1n) is 6.22. The van der Waals surface area contributed by atoms with E-state index in [1.807, 2.05) is 33.3 Å². The third kappa shape index (κ3) is 2.70. The molecule has 1 aromatic rings. The van der Waals surface area contributed by atoms with Crippen molar-refractivity contribution in [2.75, 3.05) is 44.4 Å². The molecule has 1 saturated heterocycles. The second kappa shape index (κ2) is 5.49. The molecule has 0 saturated carbocycles. The molecule has 2 rings (SSSR count). The average molecular weight is 251 g/mol. The summed E-state index contributed by atoms with van der Waals surface area (Å²) in [4.78, 5) is 4.23. The molecule has 2 heterocycles. The molecule has 0 spiro atoms. The molecule has 0 aromatic carbocycles. The van der Waals surface area contributed by atoms with Gasteiger partial charge < -0.3 is 20.2 Å². The highest BCUT2D eigenvalue weighted by atomic mass is 16.3. The minimum absolute atomic E-state index is 0.143. The Morgan fingerprint density at radius 1 is 1.39 bits per heavy atom. The first kappa shape index (κ1) is 13.0. The smallest absolute Gasteiger partial charge is 0.151 e. The van der Waals surface area contributed by atoms with Gasteiger partial charge in [0.2, 0.25) is 0 Å². The van der Waals surface area contributed by atoms with Crippen molar-refractivity contribution in [3.8, 4) is 0 Å². The van der Waals surface area contributed by atoms with E-state index in [2.05, 4.69) is 25.3 Å². The van der Waals surface area contributed by atoms with E-state index in [0.29, 0.717) is 0 Å². The van der Waals surface area contributed by atoms with Crippen LogP contribution in [0, 0.1) is 0 Å². The van der Waals surface area contributed by atoms with Crippen LogP contribution in [-0.4, -0.2) is 66.6 Å². The number of nitrogens with one attached hydrogen (secondary N) is 1. The van der Waals surface area contributed by atoms with Gasteiger partial charge in [-0.05, 0) is 32.6 Å². The summed E-state index contributed by atoms with van der Waals surface area (Å²) < 4.78 is 0. The first-order valence-corrected chi connectivity index (χ1v) is 6.22. The molecule has 100 valence electrons. The van der Waals surface area contributed by atoms with Crippen molar-refractivity contribution in [3.63, 3.8) is 0 Å². The van der Waals surface area contributed by atoms with Gasteiger partial charge in [0.05, 0.1) is 12.1 Å². The quantitative estimate of drug-likeness (QED) is 0.789. The van der Waals surface area contributed by atoms with Crippen LogP contribution in [0.1, 0.15) is 6.42 Å². The molecule has 2 atom stereocenters. The maximum absolute atomic E-state index is 9.97. The fraction of sp³-hybridized carbons (Fsp3) is 0.667. The molecule has 0 aliphatic carbocycles. The highest BCUT2D eigenvalue weighted by Gasteiger charge is 2.29. The van der Waals surface area contributed by atoms with Gasteiger partial charge in [-0.25, -0.2) is 0 Å². The number of aliphatic hydroxyl groups is 1. The lowest BCUT2D eigenvalue weighted by molar-refractivity contribution is 0.0601. The number of hydrogen-bond donors (Lipinski definition) is 2. The van der Waals surface area contributed by atoms with Crippen molar-refractivity contribution in [3.05, 3.63) is 12.1 Å². The molecule has 0 amide bonds. The summed E-state index contributed by atoms with van der Waals surface area (Å²) in [5, 5.41) is 21.2. The highest BCUT2D eigenvalue weighted by molar-refractivity contribution is 5.43. The van der Waals surface area contributed by atoms with Gasteiger partial charge in [-0.3, -0.25) is 0 Å². The molecule has 6 heteroatoms. The fourth-order valence-electron chi connectivity index (χ4n) is 2.26. The Morgan fingerprint density at radius 3 is 2.72 bits per heavy atom. The second-order valence-electron chi connectivity index (χ2n) is 4.86. The summed E-state index contributed by atoms with van der Waals surface area (Å²) in [6.45, 7) is 1.60. The zero-order chi connectivity index (χ0) is 13.1. The van der Waals surface area contributed by atoms with E-state index in [9.17, 15) is 5.11 Å². The maximum Gasteiger partial charge on any atom is 0.151 e. The van der Waals surface area contributed by atoms with Gasteiger partial charge in [-0.2, -0.15) is 0 Å². The Balaban J connectivity index is 2.08. The number of aliphatic hydroxyl groups excluding tert-OH is 1. The van der Waals surface area contributed by atoms with Crippen molar-refractivity contribution in [1.29, 1.82) is 0 Å². The normalized spacial score (nSPS) is 24.4. The molecule has 0 unspecified atom stereocenters. The van der Waals surface area contributed by atoms with Gasteiger partial charge in [0, 0.05) is 20.1 Å². The van der Waals surface area contributed by atoms with Crippen LogP contribution in [0.2, 0.25) is 0 Å². The summed E-state index contributed by atoms with van der Waals surface area (Å²) in [6, 6.07) is 4.02. The van der Waals surface area contributed by atoms with Crippen molar-refractivity contribution in [2.24, 2.45) is 0 Å². The number of likely N-dealkylation sites (N-methyl/N-ethyl adjacent to an activating group) is 1. The maximum atomic E-state index is 9.97. The molecular formula is C12H21N5O. The van der Waals surface area contributed by atoms with Crippen LogP contribution in [0.25, 0.3) is 0 Å². The molecule has 6 nitrogen and oxygen atoms in total. The molecule has 18 heavy (non-hydrogen) atoms. The number of piperidine rings is 1. The molecule has 1 aliphatic heterocycles. The van der Waals surface area contributed by atoms with Crippen LogP contribution in [0.5, 0.6) is 0 Å². The van der Waals surface area contributed by atoms with Crippen LogP contribution in [0.3, 0.4) is 0 Å². The lowest BCUT2D eigenvalue weighted by Gasteiger charge is -2.39. The van der Waals surface area contributed by atoms with Gasteiger partial charge in [0.1, 0.15) is 5.82 Å². The minimum Gasteiger partial charge on any atom is -0.391 e. The number of nitrogens with zero attached hydrogens (tertiary/aromatic N) is 4. The van der Waals surface area contributed by atoms with E-state index in [4.69, 9.17) is 0 Å². The van der Waals surface area contributed by atoms with Gasteiger partial charge in [-0.1, -0.05) is 0 Å². The molecule has 1 fully saturated rings. The zero-order valence-corrected chi connectivity index (χ0v) is 11.2. The van der Waals surface area contributed by atoms with E-state index in [1.54, 1.807) is 0 Å². The third-order valence-electron chi connectivity index (χ3n) is 3.44. The summed E-state index contributed by atoms with van der Waals surface area (Å²) in [5.74, 6) is 1.63. The lowest BCUT2D eigenvalue weighted by atomic mass is 10.0. The Kier molecular flexibility index (Phi) is 3.98. The van der Waals surface area contributed by atoms with Crippen molar-refractivity contribution in [2.45, 2.75) is 18.6 Å². The molecule has 2 N–H and O–H groups in total. The van der Waals surface area contributed by atoms with Crippen molar-refractivity contribution in [1.82, 2.24) is 15.1 Å². The fourth-order valence-corrected chi connectivity index (χ4v) is 2.26. The SMILES string of the molecule is CNc1ccc(N2CC[C@@H](O)[C@H](N(C)C)C2)nn1. The number of aromatic nitrogens is 2. The predicted octanol–water partition coefficient (Wildman–Crippen LogP) is 0.0195. The Labute approximate surface area is 108 Å². The van der Waals surface area contributed by atoms with E-state index in [0.717, 1.165) is 31.1 Å². The molecule has 1 aliphatic rings. The van der Waals surface area contributed by atoms with Gasteiger partial charge in [0.25, 0.3) is 0 Å². The van der Waals surface area contributed by atoms with E-state index >= 15 is 0 Å². The van der Waals surface area contributed by atoms with Crippen LogP contribution in [-0.2, 0) is 0 Å². The summed E-state index contributed by atoms with van der Waals surface area (Å²) in [5.41, 5.74) is 0. The van der Waals surface area contributed by atoms with E-state index < -0.39 is 0 Å². The third-order valence-corrected chi connectivity index (χ3v) is 3.44. The lowest BCUT2D eigenvalue weighted by Crippen LogP contribution is -2.53. The van der Waals surface area contributed by atoms with Crippen molar-refractivity contribution < 1.29 is 5.11 Å². The van der Waals surface area contributed by atoms with Crippen LogP contribution < -0.4 is 10.2 Å². The molecule has 0 radical (unpaired) electrons. The Hall–Kier alpha value is -1.40.